The van der Waals surface area contributed by atoms with Crippen molar-refractivity contribution < 1.29 is 53.7 Å². The van der Waals surface area contributed by atoms with Crippen LogP contribution >= 0.6 is 0 Å². The molecule has 10 N–H and O–H groups in total. The lowest BCUT2D eigenvalue weighted by Gasteiger charge is -2.31. The number of aromatic nitrogens is 1. The second-order valence-electron chi connectivity index (χ2n) is 18.9. The fourth-order valence-corrected chi connectivity index (χ4v) is 9.32. The average Bonchev–Trinajstić information content (AvgIpc) is 3.70. The van der Waals surface area contributed by atoms with Gasteiger partial charge < -0.3 is 52.2 Å². The third-order valence-electron chi connectivity index (χ3n) is 13.7. The molecule has 0 spiro atoms. The van der Waals surface area contributed by atoms with Crippen LogP contribution in [-0.2, 0) is 64.0 Å². The number of aliphatic carboxylic acids is 2. The third kappa shape index (κ3) is 13.9. The van der Waals surface area contributed by atoms with E-state index in [2.05, 4.69) is 36.9 Å². The minimum absolute atomic E-state index is 0.0621. The van der Waals surface area contributed by atoms with Gasteiger partial charge in [0.05, 0.1) is 6.42 Å². The zero-order chi connectivity index (χ0) is 52.9. The first-order valence-corrected chi connectivity index (χ1v) is 24.6. The number of carbonyl (C=O) groups excluding carboxylic acids is 6. The Bertz CT molecular complexity index is 2760. The molecule has 73 heavy (non-hydrogen) atoms. The lowest BCUT2D eigenvalue weighted by molar-refractivity contribution is -0.142. The maximum atomic E-state index is 14.8. The first-order valence-electron chi connectivity index (χ1n) is 24.6. The van der Waals surface area contributed by atoms with Crippen molar-refractivity contribution in [3.05, 3.63) is 137 Å². The van der Waals surface area contributed by atoms with Crippen LogP contribution in [-0.4, -0.2) is 104 Å². The number of amides is 6. The predicted octanol–water partition coefficient (Wildman–Crippen LogP) is 4.17. The largest absolute Gasteiger partial charge is 0.508 e. The van der Waals surface area contributed by atoms with Crippen molar-refractivity contribution >= 4 is 58.3 Å². The molecular formula is C55H65N7O11. The number of carboxylic acid groups (broad SMARTS) is 2. The van der Waals surface area contributed by atoms with Gasteiger partial charge in [-0.1, -0.05) is 119 Å². The van der Waals surface area contributed by atoms with E-state index in [1.54, 1.807) is 33.9 Å². The molecule has 0 unspecified atom stereocenters. The molecule has 1 aliphatic carbocycles. The van der Waals surface area contributed by atoms with Gasteiger partial charge in [0.15, 0.2) is 0 Å². The van der Waals surface area contributed by atoms with Crippen LogP contribution in [0.5, 0.6) is 5.75 Å². The Morgan fingerprint density at radius 2 is 1.10 bits per heavy atom. The van der Waals surface area contributed by atoms with Crippen molar-refractivity contribution in [1.29, 1.82) is 0 Å². The van der Waals surface area contributed by atoms with Gasteiger partial charge in [-0.2, -0.15) is 0 Å². The predicted molar refractivity (Wildman–Crippen MR) is 272 cm³/mol. The van der Waals surface area contributed by atoms with Crippen molar-refractivity contribution in [3.8, 4) is 5.75 Å². The summed E-state index contributed by atoms with van der Waals surface area (Å²) in [5.41, 5.74) is 5.48. The Balaban J connectivity index is 1.24. The van der Waals surface area contributed by atoms with E-state index in [9.17, 15) is 53.7 Å². The van der Waals surface area contributed by atoms with E-state index >= 15 is 0 Å². The summed E-state index contributed by atoms with van der Waals surface area (Å²) in [7, 11) is 0. The van der Waals surface area contributed by atoms with E-state index < -0.39 is 108 Å². The Labute approximate surface area is 423 Å². The zero-order valence-electron chi connectivity index (χ0n) is 41.6. The average molecular weight is 1000 g/mol. The first-order chi connectivity index (χ1) is 34.9. The summed E-state index contributed by atoms with van der Waals surface area (Å²) in [6.07, 6.45) is 2.52. The molecule has 6 rings (SSSR count). The zero-order valence-corrected chi connectivity index (χ0v) is 41.6. The SMILES string of the molecule is CC[C@H](C)[C@H](NC(=O)[C@H](CC(=O)O)NC(=O)[C@H](Cc1ccc(O)cc1)NC(=O)[C@H](NC(C)=O)C1c2ccccc2CCc2ccccc21)C(=O)N[C@H](C(=O)N[C@@H](Cc1c[nH]c2ccccc12)C(=O)O)[C@@H](C)CC. The smallest absolute Gasteiger partial charge is 0.326 e. The quantitative estimate of drug-likeness (QED) is 0.0443. The highest BCUT2D eigenvalue weighted by atomic mass is 16.4. The highest BCUT2D eigenvalue weighted by Crippen LogP contribution is 2.37. The Morgan fingerprint density at radius 3 is 1.66 bits per heavy atom. The number of phenolic OH excluding ortho intramolecular Hbond substituents is 1. The van der Waals surface area contributed by atoms with Crippen molar-refractivity contribution in [2.75, 3.05) is 0 Å². The van der Waals surface area contributed by atoms with Crippen molar-refractivity contribution in [1.82, 2.24) is 36.9 Å². The van der Waals surface area contributed by atoms with Crippen LogP contribution in [0.15, 0.2) is 103 Å². The van der Waals surface area contributed by atoms with Crippen LogP contribution < -0.4 is 31.9 Å². The molecule has 1 aliphatic rings. The summed E-state index contributed by atoms with van der Waals surface area (Å²) in [6, 6.07) is 19.8. The summed E-state index contributed by atoms with van der Waals surface area (Å²) in [5, 5.41) is 47.1. The van der Waals surface area contributed by atoms with Gasteiger partial charge in [-0.05, 0) is 76.3 Å². The summed E-state index contributed by atoms with van der Waals surface area (Å²) in [6.45, 7) is 8.19. The maximum Gasteiger partial charge on any atom is 0.326 e. The summed E-state index contributed by atoms with van der Waals surface area (Å²) in [4.78, 5) is 113. The number of H-pyrrole nitrogens is 1. The van der Waals surface area contributed by atoms with Gasteiger partial charge in [-0.15, -0.1) is 0 Å². The molecule has 0 saturated heterocycles. The van der Waals surface area contributed by atoms with Gasteiger partial charge in [0, 0.05) is 42.8 Å². The molecule has 4 aromatic carbocycles. The van der Waals surface area contributed by atoms with Crippen LogP contribution in [0, 0.1) is 11.8 Å². The minimum atomic E-state index is -1.80. The monoisotopic (exact) mass is 999 g/mol. The molecule has 0 fully saturated rings. The van der Waals surface area contributed by atoms with Crippen LogP contribution in [0.25, 0.3) is 10.9 Å². The fourth-order valence-electron chi connectivity index (χ4n) is 9.32. The van der Waals surface area contributed by atoms with Crippen LogP contribution in [0.3, 0.4) is 0 Å². The van der Waals surface area contributed by atoms with Gasteiger partial charge >= 0.3 is 11.9 Å². The van der Waals surface area contributed by atoms with E-state index in [0.717, 1.165) is 33.2 Å². The van der Waals surface area contributed by atoms with E-state index in [1.165, 1.54) is 31.2 Å². The number of phenols is 1. The molecule has 1 heterocycles. The molecule has 5 aromatic rings. The first kappa shape index (κ1) is 54.3. The van der Waals surface area contributed by atoms with E-state index in [4.69, 9.17) is 0 Å². The molecule has 0 bridgehead atoms. The Kier molecular flexibility index (Phi) is 18.5. The molecule has 0 radical (unpaired) electrons. The number of aromatic hydroxyl groups is 1. The van der Waals surface area contributed by atoms with Crippen molar-refractivity contribution in [2.45, 2.75) is 122 Å². The van der Waals surface area contributed by atoms with Crippen LogP contribution in [0.2, 0.25) is 0 Å². The number of fused-ring (bicyclic) bond motifs is 3. The van der Waals surface area contributed by atoms with Gasteiger partial charge in [0.25, 0.3) is 0 Å². The molecule has 0 saturated carbocycles. The van der Waals surface area contributed by atoms with Crippen LogP contribution in [0.1, 0.15) is 93.2 Å². The fraction of sp³-hybridized carbons (Fsp3) is 0.382. The molecular weight excluding hydrogens is 935 g/mol. The topological polar surface area (TPSA) is 285 Å². The minimum Gasteiger partial charge on any atom is -0.508 e. The number of nitrogens with one attached hydrogen (secondary N) is 7. The molecule has 18 heteroatoms. The van der Waals surface area contributed by atoms with E-state index in [1.807, 2.05) is 72.8 Å². The van der Waals surface area contributed by atoms with Gasteiger partial charge in [0.2, 0.25) is 35.4 Å². The molecule has 6 amide bonds. The lowest BCUT2D eigenvalue weighted by atomic mass is 9.82. The summed E-state index contributed by atoms with van der Waals surface area (Å²) in [5.74, 6) is -9.51. The standard InChI is InChI=1S/C55H65N7O11/c1-6-30(3)47(52(69)60-44(55(72)73)27-36-29-56-41-19-13-12-16-38(36)41)62-53(70)48(31(4)7-2)61-51(68)43(28-45(65)66)58-50(67)42(26-33-20-24-37(64)25-21-33)59-54(71)49(57-32(5)63)46-39-17-10-8-14-34(39)22-23-35-15-9-11-18-40(35)46/h8-21,24-25,29-31,42-44,46-49,56,64H,6-7,22-23,26-28H2,1-5H3,(H,57,63)(H,58,67)(H,59,71)(H,60,69)(H,61,68)(H,62,70)(H,65,66)(H,72,73)/t30-,31-,42-,43-,44-,47-,48-,49+/m0/s1. The van der Waals surface area contributed by atoms with E-state index in [0.29, 0.717) is 36.8 Å². The number of rotatable bonds is 23. The highest BCUT2D eigenvalue weighted by Gasteiger charge is 2.39. The van der Waals surface area contributed by atoms with Gasteiger partial charge in [0.1, 0.15) is 42.0 Å². The number of hydrogen-bond donors (Lipinski definition) is 10. The second kappa shape index (κ2) is 24.9. The molecule has 0 aliphatic heterocycles. The number of aryl methyl sites for hydroxylation is 2. The summed E-state index contributed by atoms with van der Waals surface area (Å²) >= 11 is 0. The van der Waals surface area contributed by atoms with Crippen molar-refractivity contribution in [2.24, 2.45) is 11.8 Å². The summed E-state index contributed by atoms with van der Waals surface area (Å²) < 4.78 is 0. The number of carbonyl (C=O) groups is 8. The highest BCUT2D eigenvalue weighted by molar-refractivity contribution is 5.98. The molecule has 18 nitrogen and oxygen atoms in total. The number of aromatic amines is 1. The molecule has 1 aromatic heterocycles. The second-order valence-corrected chi connectivity index (χ2v) is 18.9. The van der Waals surface area contributed by atoms with Gasteiger partial charge in [-0.25, -0.2) is 4.79 Å². The Morgan fingerprint density at radius 1 is 0.589 bits per heavy atom. The Hall–Kier alpha value is -8.02. The third-order valence-corrected chi connectivity index (χ3v) is 13.7. The van der Waals surface area contributed by atoms with Gasteiger partial charge in [-0.3, -0.25) is 33.6 Å². The van der Waals surface area contributed by atoms with Crippen LogP contribution in [0.4, 0.5) is 0 Å². The number of para-hydroxylation sites is 1. The van der Waals surface area contributed by atoms with E-state index in [-0.39, 0.29) is 18.6 Å². The normalized spacial score (nSPS) is 15.5. The number of carboxylic acids is 2. The number of benzene rings is 4. The lowest BCUT2D eigenvalue weighted by Crippen LogP contribution is -2.62. The molecule has 386 valence electrons. The van der Waals surface area contributed by atoms with Crippen molar-refractivity contribution in [3.63, 3.8) is 0 Å². The number of hydrogen-bond acceptors (Lipinski definition) is 9. The maximum absolute atomic E-state index is 14.8. The molecule has 8 atom stereocenters.